The van der Waals surface area contributed by atoms with E-state index < -0.39 is 11.6 Å². The lowest BCUT2D eigenvalue weighted by molar-refractivity contribution is 0.509. The topological polar surface area (TPSA) is 37.8 Å². The zero-order chi connectivity index (χ0) is 13.8. The molecule has 0 aliphatic heterocycles. The molecule has 0 saturated carbocycles. The van der Waals surface area contributed by atoms with Crippen LogP contribution in [0.25, 0.3) is 11.4 Å². The summed E-state index contributed by atoms with van der Waals surface area (Å²) in [6.45, 7) is 2.85. The highest BCUT2D eigenvalue weighted by Crippen LogP contribution is 2.22. The van der Waals surface area contributed by atoms with E-state index in [0.717, 1.165) is 28.7 Å². The van der Waals surface area contributed by atoms with Crippen LogP contribution in [0, 0.1) is 15.2 Å². The predicted molar refractivity (Wildman–Crippen MR) is 78.9 cm³/mol. The SMILES string of the molecule is CCCNc1nc(-c2ccc(F)c(F)c2)ncc1I. The molecule has 1 aromatic heterocycles. The Balaban J connectivity index is 2.36. The fourth-order valence-electron chi connectivity index (χ4n) is 1.51. The molecule has 0 atom stereocenters. The van der Waals surface area contributed by atoms with Gasteiger partial charge in [0.2, 0.25) is 0 Å². The minimum absolute atomic E-state index is 0.373. The van der Waals surface area contributed by atoms with E-state index in [0.29, 0.717) is 17.2 Å². The van der Waals surface area contributed by atoms with Gasteiger partial charge in [-0.15, -0.1) is 0 Å². The Bertz CT molecular complexity index is 590. The largest absolute Gasteiger partial charge is 0.369 e. The van der Waals surface area contributed by atoms with Crippen LogP contribution in [0.3, 0.4) is 0 Å². The van der Waals surface area contributed by atoms with Crippen LogP contribution in [0.15, 0.2) is 24.4 Å². The Morgan fingerprint density at radius 3 is 2.74 bits per heavy atom. The summed E-state index contributed by atoms with van der Waals surface area (Å²) in [5.41, 5.74) is 0.454. The Hall–Kier alpha value is -1.31. The summed E-state index contributed by atoms with van der Waals surface area (Å²) < 4.78 is 27.0. The summed E-state index contributed by atoms with van der Waals surface area (Å²) in [7, 11) is 0. The highest BCUT2D eigenvalue weighted by Gasteiger charge is 2.09. The zero-order valence-corrected chi connectivity index (χ0v) is 12.4. The van der Waals surface area contributed by atoms with Gasteiger partial charge in [0.1, 0.15) is 5.82 Å². The van der Waals surface area contributed by atoms with Gasteiger partial charge in [-0.2, -0.15) is 0 Å². The molecule has 100 valence electrons. The van der Waals surface area contributed by atoms with Gasteiger partial charge in [0, 0.05) is 18.3 Å². The average molecular weight is 375 g/mol. The second kappa shape index (κ2) is 6.23. The molecular formula is C13H12F2IN3. The lowest BCUT2D eigenvalue weighted by Crippen LogP contribution is -2.05. The van der Waals surface area contributed by atoms with Gasteiger partial charge in [-0.25, -0.2) is 18.7 Å². The van der Waals surface area contributed by atoms with Gasteiger partial charge in [-0.1, -0.05) is 6.92 Å². The van der Waals surface area contributed by atoms with Crippen LogP contribution < -0.4 is 5.32 Å². The minimum Gasteiger partial charge on any atom is -0.369 e. The minimum atomic E-state index is -0.900. The normalized spacial score (nSPS) is 10.5. The molecule has 0 aliphatic rings. The summed E-state index contributed by atoms with van der Waals surface area (Å²) in [4.78, 5) is 8.47. The first kappa shape index (κ1) is 14.1. The Morgan fingerprint density at radius 2 is 2.05 bits per heavy atom. The van der Waals surface area contributed by atoms with E-state index in [1.807, 2.05) is 0 Å². The Labute approximate surface area is 123 Å². The number of anilines is 1. The number of nitrogens with one attached hydrogen (secondary N) is 1. The standard InChI is InChI=1S/C13H12F2IN3/c1-2-5-17-13-11(16)7-18-12(19-13)8-3-4-9(14)10(15)6-8/h3-4,6-7H,2,5H2,1H3,(H,17,18,19). The molecule has 19 heavy (non-hydrogen) atoms. The molecular weight excluding hydrogens is 363 g/mol. The Kier molecular flexibility index (Phi) is 4.62. The molecule has 6 heteroatoms. The third kappa shape index (κ3) is 3.37. The van der Waals surface area contributed by atoms with Crippen molar-refractivity contribution in [3.8, 4) is 11.4 Å². The molecule has 0 saturated heterocycles. The Morgan fingerprint density at radius 1 is 1.26 bits per heavy atom. The highest BCUT2D eigenvalue weighted by molar-refractivity contribution is 14.1. The number of hydrogen-bond acceptors (Lipinski definition) is 3. The molecule has 0 aliphatic carbocycles. The molecule has 0 amide bonds. The molecule has 1 N–H and O–H groups in total. The van der Waals surface area contributed by atoms with Crippen molar-refractivity contribution in [3.05, 3.63) is 39.6 Å². The van der Waals surface area contributed by atoms with Crippen molar-refractivity contribution >= 4 is 28.4 Å². The molecule has 1 aromatic carbocycles. The van der Waals surface area contributed by atoms with Crippen molar-refractivity contribution in [2.24, 2.45) is 0 Å². The van der Waals surface area contributed by atoms with Crippen molar-refractivity contribution in [3.63, 3.8) is 0 Å². The highest BCUT2D eigenvalue weighted by atomic mass is 127. The summed E-state index contributed by atoms with van der Waals surface area (Å²) in [6, 6.07) is 3.64. The fraction of sp³-hybridized carbons (Fsp3) is 0.231. The molecule has 0 radical (unpaired) electrons. The van der Waals surface area contributed by atoms with Gasteiger partial charge in [0.25, 0.3) is 0 Å². The van der Waals surface area contributed by atoms with Crippen LogP contribution in [0.4, 0.5) is 14.6 Å². The maximum atomic E-state index is 13.2. The van der Waals surface area contributed by atoms with Crippen LogP contribution in [-0.4, -0.2) is 16.5 Å². The van der Waals surface area contributed by atoms with E-state index >= 15 is 0 Å². The number of nitrogens with zero attached hydrogens (tertiary/aromatic N) is 2. The van der Waals surface area contributed by atoms with Crippen molar-refractivity contribution in [2.45, 2.75) is 13.3 Å². The third-order valence-electron chi connectivity index (χ3n) is 2.46. The van der Waals surface area contributed by atoms with Gasteiger partial charge in [0.05, 0.1) is 3.57 Å². The van der Waals surface area contributed by atoms with E-state index in [1.165, 1.54) is 6.07 Å². The van der Waals surface area contributed by atoms with Crippen LogP contribution in [-0.2, 0) is 0 Å². The van der Waals surface area contributed by atoms with Gasteiger partial charge < -0.3 is 5.32 Å². The van der Waals surface area contributed by atoms with E-state index in [-0.39, 0.29) is 0 Å². The fourth-order valence-corrected chi connectivity index (χ4v) is 1.96. The quantitative estimate of drug-likeness (QED) is 0.826. The van der Waals surface area contributed by atoms with Gasteiger partial charge in [-0.3, -0.25) is 0 Å². The van der Waals surface area contributed by atoms with Crippen molar-refractivity contribution < 1.29 is 8.78 Å². The molecule has 0 spiro atoms. The summed E-state index contributed by atoms with van der Waals surface area (Å²) in [5, 5.41) is 3.17. The third-order valence-corrected chi connectivity index (χ3v) is 3.25. The van der Waals surface area contributed by atoms with Gasteiger partial charge in [-0.05, 0) is 47.2 Å². The molecule has 1 heterocycles. The maximum Gasteiger partial charge on any atom is 0.161 e. The van der Waals surface area contributed by atoms with Crippen molar-refractivity contribution in [2.75, 3.05) is 11.9 Å². The zero-order valence-electron chi connectivity index (χ0n) is 10.3. The van der Waals surface area contributed by atoms with Crippen LogP contribution >= 0.6 is 22.6 Å². The number of aromatic nitrogens is 2. The first-order valence-electron chi connectivity index (χ1n) is 5.83. The molecule has 0 bridgehead atoms. The van der Waals surface area contributed by atoms with Gasteiger partial charge >= 0.3 is 0 Å². The van der Waals surface area contributed by atoms with Gasteiger partial charge in [0.15, 0.2) is 17.5 Å². The number of halogens is 3. The number of benzene rings is 1. The summed E-state index contributed by atoms with van der Waals surface area (Å²) >= 11 is 2.13. The van der Waals surface area contributed by atoms with Crippen molar-refractivity contribution in [1.82, 2.24) is 9.97 Å². The molecule has 3 nitrogen and oxygen atoms in total. The summed E-state index contributed by atoms with van der Waals surface area (Å²) in [5.74, 6) is -0.698. The van der Waals surface area contributed by atoms with E-state index in [2.05, 4.69) is 44.8 Å². The lowest BCUT2D eigenvalue weighted by Gasteiger charge is -2.08. The average Bonchev–Trinajstić information content (AvgIpc) is 2.41. The monoisotopic (exact) mass is 375 g/mol. The van der Waals surface area contributed by atoms with Crippen LogP contribution in [0.5, 0.6) is 0 Å². The first-order chi connectivity index (χ1) is 9.11. The lowest BCUT2D eigenvalue weighted by atomic mass is 10.2. The maximum absolute atomic E-state index is 13.2. The molecule has 0 fully saturated rings. The van der Waals surface area contributed by atoms with Crippen LogP contribution in [0.2, 0.25) is 0 Å². The van der Waals surface area contributed by atoms with Crippen molar-refractivity contribution in [1.29, 1.82) is 0 Å². The smallest absolute Gasteiger partial charge is 0.161 e. The predicted octanol–water partition coefficient (Wildman–Crippen LogP) is 3.85. The second-order valence-corrected chi connectivity index (χ2v) is 5.11. The summed E-state index contributed by atoms with van der Waals surface area (Å²) in [6.07, 6.45) is 2.63. The second-order valence-electron chi connectivity index (χ2n) is 3.95. The van der Waals surface area contributed by atoms with E-state index in [9.17, 15) is 8.78 Å². The number of hydrogen-bond donors (Lipinski definition) is 1. The first-order valence-corrected chi connectivity index (χ1v) is 6.91. The van der Waals surface area contributed by atoms with Crippen LogP contribution in [0.1, 0.15) is 13.3 Å². The molecule has 0 unspecified atom stereocenters. The molecule has 2 rings (SSSR count). The van der Waals surface area contributed by atoms with E-state index in [1.54, 1.807) is 6.20 Å². The number of rotatable bonds is 4. The van der Waals surface area contributed by atoms with E-state index in [4.69, 9.17) is 0 Å². The molecule has 2 aromatic rings.